The van der Waals surface area contributed by atoms with Gasteiger partial charge in [-0.15, -0.1) is 0 Å². The third kappa shape index (κ3) is 3.91. The SMILES string of the molecule is Cc1ccc(S(=O)(=O)c2nc(S(C)(=O)=O)sc2NC(C)C)cc1. The molecular formula is C14H18N2O4S3. The summed E-state index contributed by atoms with van der Waals surface area (Å²) in [5.41, 5.74) is 0.930. The van der Waals surface area contributed by atoms with Gasteiger partial charge in [0.25, 0.3) is 0 Å². The average Bonchev–Trinajstić information content (AvgIpc) is 2.83. The van der Waals surface area contributed by atoms with Crippen LogP contribution in [0, 0.1) is 6.92 Å². The maximum absolute atomic E-state index is 12.8. The molecule has 126 valence electrons. The van der Waals surface area contributed by atoms with Gasteiger partial charge in [-0.05, 0) is 32.9 Å². The van der Waals surface area contributed by atoms with E-state index in [1.54, 1.807) is 12.1 Å². The second-order valence-electron chi connectivity index (χ2n) is 5.50. The van der Waals surface area contributed by atoms with Crippen molar-refractivity contribution in [2.45, 2.75) is 41.1 Å². The summed E-state index contributed by atoms with van der Waals surface area (Å²) >= 11 is 0.830. The number of sulfone groups is 2. The van der Waals surface area contributed by atoms with Crippen LogP contribution in [-0.4, -0.2) is 34.1 Å². The van der Waals surface area contributed by atoms with E-state index in [0.717, 1.165) is 23.2 Å². The van der Waals surface area contributed by atoms with E-state index in [4.69, 9.17) is 0 Å². The predicted octanol–water partition coefficient (Wildman–Crippen LogP) is 2.51. The van der Waals surface area contributed by atoms with E-state index < -0.39 is 19.7 Å². The number of nitrogens with one attached hydrogen (secondary N) is 1. The minimum Gasteiger partial charge on any atom is -0.372 e. The van der Waals surface area contributed by atoms with E-state index in [2.05, 4.69) is 10.3 Å². The molecule has 9 heteroatoms. The monoisotopic (exact) mass is 374 g/mol. The van der Waals surface area contributed by atoms with E-state index in [0.29, 0.717) is 0 Å². The molecule has 1 aromatic heterocycles. The van der Waals surface area contributed by atoms with Crippen LogP contribution in [0.3, 0.4) is 0 Å². The molecule has 2 rings (SSSR count). The maximum Gasteiger partial charge on any atom is 0.226 e. The summed E-state index contributed by atoms with van der Waals surface area (Å²) in [5, 5.41) is 2.95. The Labute approximate surface area is 140 Å². The van der Waals surface area contributed by atoms with Crippen molar-refractivity contribution in [2.75, 3.05) is 11.6 Å². The highest BCUT2D eigenvalue weighted by molar-refractivity contribution is 7.93. The van der Waals surface area contributed by atoms with Crippen LogP contribution in [0.5, 0.6) is 0 Å². The average molecular weight is 375 g/mol. The topological polar surface area (TPSA) is 93.2 Å². The lowest BCUT2D eigenvalue weighted by atomic mass is 10.2. The second-order valence-corrected chi connectivity index (χ2v) is 10.6. The first-order chi connectivity index (χ1) is 10.5. The zero-order valence-corrected chi connectivity index (χ0v) is 15.6. The fourth-order valence-corrected chi connectivity index (χ4v) is 5.46. The Balaban J connectivity index is 2.64. The number of nitrogens with zero attached hydrogens (tertiary/aromatic N) is 1. The lowest BCUT2D eigenvalue weighted by Crippen LogP contribution is -2.12. The van der Waals surface area contributed by atoms with Crippen LogP contribution in [0.2, 0.25) is 0 Å². The summed E-state index contributed by atoms with van der Waals surface area (Å²) in [4.78, 5) is 3.97. The minimum absolute atomic E-state index is 0.0603. The van der Waals surface area contributed by atoms with Crippen LogP contribution in [0.15, 0.2) is 38.5 Å². The van der Waals surface area contributed by atoms with E-state index >= 15 is 0 Å². The number of hydrogen-bond acceptors (Lipinski definition) is 7. The first-order valence-corrected chi connectivity index (χ1v) is 11.0. The molecule has 0 aliphatic carbocycles. The summed E-state index contributed by atoms with van der Waals surface area (Å²) in [6.45, 7) is 5.52. The molecule has 0 fully saturated rings. The van der Waals surface area contributed by atoms with Crippen molar-refractivity contribution in [3.8, 4) is 0 Å². The molecule has 0 radical (unpaired) electrons. The Bertz CT molecular complexity index is 911. The van der Waals surface area contributed by atoms with E-state index in [1.165, 1.54) is 12.1 Å². The van der Waals surface area contributed by atoms with Crippen LogP contribution >= 0.6 is 11.3 Å². The molecule has 1 aromatic carbocycles. The van der Waals surface area contributed by atoms with Crippen molar-refractivity contribution in [3.05, 3.63) is 29.8 Å². The van der Waals surface area contributed by atoms with Crippen LogP contribution in [-0.2, 0) is 19.7 Å². The maximum atomic E-state index is 12.8. The molecule has 0 saturated carbocycles. The van der Waals surface area contributed by atoms with Crippen LogP contribution < -0.4 is 5.32 Å². The molecule has 23 heavy (non-hydrogen) atoms. The van der Waals surface area contributed by atoms with E-state index in [1.807, 2.05) is 20.8 Å². The van der Waals surface area contributed by atoms with Gasteiger partial charge in [0, 0.05) is 12.3 Å². The highest BCUT2D eigenvalue weighted by Gasteiger charge is 2.29. The third-order valence-corrected chi connectivity index (χ3v) is 7.39. The molecule has 0 bridgehead atoms. The summed E-state index contributed by atoms with van der Waals surface area (Å²) in [5.74, 6) is 0. The van der Waals surface area contributed by atoms with Gasteiger partial charge in [-0.3, -0.25) is 0 Å². The van der Waals surface area contributed by atoms with Gasteiger partial charge >= 0.3 is 0 Å². The van der Waals surface area contributed by atoms with Crippen molar-refractivity contribution < 1.29 is 16.8 Å². The van der Waals surface area contributed by atoms with Crippen LogP contribution in [0.1, 0.15) is 19.4 Å². The lowest BCUT2D eigenvalue weighted by molar-refractivity contribution is 0.591. The number of anilines is 1. The van der Waals surface area contributed by atoms with Crippen molar-refractivity contribution >= 4 is 36.0 Å². The Kier molecular flexibility index (Phi) is 4.84. The predicted molar refractivity (Wildman–Crippen MR) is 90.6 cm³/mol. The molecule has 0 amide bonds. The minimum atomic E-state index is -3.90. The zero-order chi connectivity index (χ0) is 17.4. The van der Waals surface area contributed by atoms with E-state index in [9.17, 15) is 16.8 Å². The Morgan fingerprint density at radius 2 is 1.65 bits per heavy atom. The van der Waals surface area contributed by atoms with Crippen LogP contribution in [0.25, 0.3) is 0 Å². The fourth-order valence-electron chi connectivity index (χ4n) is 1.81. The Hall–Kier alpha value is -1.45. The van der Waals surface area contributed by atoms with Gasteiger partial charge < -0.3 is 5.32 Å². The number of hydrogen-bond donors (Lipinski definition) is 1. The van der Waals surface area contributed by atoms with Gasteiger partial charge in [0.05, 0.1) is 4.90 Å². The number of aromatic nitrogens is 1. The molecule has 0 atom stereocenters. The van der Waals surface area contributed by atoms with Gasteiger partial charge in [-0.1, -0.05) is 29.0 Å². The first-order valence-electron chi connectivity index (χ1n) is 6.81. The Morgan fingerprint density at radius 3 is 2.13 bits per heavy atom. The highest BCUT2D eigenvalue weighted by Crippen LogP contribution is 2.34. The smallest absolute Gasteiger partial charge is 0.226 e. The lowest BCUT2D eigenvalue weighted by Gasteiger charge is -2.09. The molecule has 6 nitrogen and oxygen atoms in total. The van der Waals surface area contributed by atoms with Crippen molar-refractivity contribution in [1.82, 2.24) is 4.98 Å². The number of benzene rings is 1. The van der Waals surface area contributed by atoms with Gasteiger partial charge in [0.15, 0.2) is 5.03 Å². The molecule has 0 aliphatic rings. The molecule has 0 unspecified atom stereocenters. The van der Waals surface area contributed by atoms with Crippen molar-refractivity contribution in [3.63, 3.8) is 0 Å². The van der Waals surface area contributed by atoms with Gasteiger partial charge in [0.1, 0.15) is 5.00 Å². The van der Waals surface area contributed by atoms with Gasteiger partial charge in [-0.25, -0.2) is 21.8 Å². The van der Waals surface area contributed by atoms with Gasteiger partial charge in [-0.2, -0.15) is 0 Å². The summed E-state index contributed by atoms with van der Waals surface area (Å²) in [7, 11) is -7.49. The van der Waals surface area contributed by atoms with Crippen molar-refractivity contribution in [2.24, 2.45) is 0 Å². The summed E-state index contributed by atoms with van der Waals surface area (Å²) in [6, 6.07) is 6.29. The molecule has 2 aromatic rings. The van der Waals surface area contributed by atoms with Crippen LogP contribution in [0.4, 0.5) is 5.00 Å². The molecule has 0 aliphatic heterocycles. The van der Waals surface area contributed by atoms with Gasteiger partial charge in [0.2, 0.25) is 24.0 Å². The fraction of sp³-hybridized carbons (Fsp3) is 0.357. The second kappa shape index (κ2) is 6.21. The molecular weight excluding hydrogens is 356 g/mol. The molecule has 1 heterocycles. The summed E-state index contributed by atoms with van der Waals surface area (Å²) in [6.07, 6.45) is 1.01. The quantitative estimate of drug-likeness (QED) is 0.864. The molecule has 1 N–H and O–H groups in total. The molecule has 0 spiro atoms. The Morgan fingerprint density at radius 1 is 1.09 bits per heavy atom. The first kappa shape index (κ1) is 17.9. The van der Waals surface area contributed by atoms with E-state index in [-0.39, 0.29) is 25.3 Å². The number of thiazole rings is 1. The number of aryl methyl sites for hydroxylation is 1. The van der Waals surface area contributed by atoms with Crippen molar-refractivity contribution in [1.29, 1.82) is 0 Å². The summed E-state index contributed by atoms with van der Waals surface area (Å²) < 4.78 is 48.8. The molecule has 0 saturated heterocycles. The zero-order valence-electron chi connectivity index (χ0n) is 13.2. The standard InChI is InChI=1S/C14H18N2O4S3/c1-9(2)15-12-13(16-14(21-12)22(4,17)18)23(19,20)11-7-5-10(3)6-8-11/h5-9,15H,1-4H3. The third-order valence-electron chi connectivity index (χ3n) is 2.90. The largest absolute Gasteiger partial charge is 0.372 e. The highest BCUT2D eigenvalue weighted by atomic mass is 32.2. The normalized spacial score (nSPS) is 12.6. The number of rotatable bonds is 5.